The fourth-order valence-corrected chi connectivity index (χ4v) is 11.9. The largest absolute Gasteiger partial charge is 2.00 e. The molecule has 0 radical (unpaired) electrons. The van der Waals surface area contributed by atoms with Gasteiger partial charge in [-0.05, 0) is 140 Å². The van der Waals surface area contributed by atoms with Crippen LogP contribution < -0.4 is 14.5 Å². The van der Waals surface area contributed by atoms with Crippen molar-refractivity contribution < 1.29 is 32.4 Å². The molecule has 6 heterocycles. The van der Waals surface area contributed by atoms with Gasteiger partial charge in [0.1, 0.15) is 16.9 Å². The van der Waals surface area contributed by atoms with Gasteiger partial charge in [-0.15, -0.1) is 22.1 Å². The Morgan fingerprint density at radius 1 is 0.387 bits per heavy atom. The summed E-state index contributed by atoms with van der Waals surface area (Å²) in [5.74, 6) is 0.578. The summed E-state index contributed by atoms with van der Waals surface area (Å²) in [6.07, 6.45) is 8.37. The van der Waals surface area contributed by atoms with Crippen LogP contribution in [0, 0.1) is 13.8 Å². The van der Waals surface area contributed by atoms with Crippen molar-refractivity contribution in [3.63, 3.8) is 0 Å². The van der Waals surface area contributed by atoms with Crippen LogP contribution in [0.25, 0.3) is 134 Å². The van der Waals surface area contributed by atoms with Gasteiger partial charge in [0.2, 0.25) is 0 Å². The van der Waals surface area contributed by atoms with Gasteiger partial charge in [-0.1, -0.05) is 176 Å². The summed E-state index contributed by atoms with van der Waals surface area (Å²) in [5.41, 5.74) is 17.4. The summed E-state index contributed by atoms with van der Waals surface area (Å²) in [7, 11) is -2.01. The van der Waals surface area contributed by atoms with Crippen molar-refractivity contribution in [3.8, 4) is 50.3 Å². The standard InChI is InChI=1S/C66H43N4O3P.Zn/c1-40-37-45-23-12-14-27-49(45)63-64-50-28-15-13-24-46(50)38-41(2)66(64)73-74(72-65(40)63)71-48-26-16-25-47(39-48)62-57-35-33-55(69-57)60(43-19-8-4-9-20-43)53-31-29-51(67-53)59(42-17-6-3-7-18-42)52-30-32-54(68-52)61(44-21-10-5-11-22-44)56-34-36-58(62)70-56;/h3-39H,1-2H3;/q-2;+2. The zero-order chi connectivity index (χ0) is 49.3. The average Bonchev–Trinajstić information content (AvgIpc) is 4.29. The molecule has 352 valence electrons. The van der Waals surface area contributed by atoms with E-state index in [-0.39, 0.29) is 19.5 Å². The van der Waals surface area contributed by atoms with Crippen LogP contribution in [0.1, 0.15) is 33.9 Å². The summed E-state index contributed by atoms with van der Waals surface area (Å²) in [5, 5.41) is 6.45. The SMILES string of the molecule is Cc1cc2ccccc2c2c1op(Oc1cccc(-c3c4nc(c(-c5ccccc5)c5ccc([n-]5)c(-c5ccccc5)c5nc(c(-c6ccccc6)c6ccc3[n-]6)C=C5)C=C4)c1)oc1c(C)cc3ccccc3c12.[Zn+2]. The van der Waals surface area contributed by atoms with Gasteiger partial charge in [-0.25, -0.2) is 9.97 Å². The molecule has 12 aromatic rings. The van der Waals surface area contributed by atoms with Crippen molar-refractivity contribution in [1.29, 1.82) is 0 Å². The van der Waals surface area contributed by atoms with Crippen LogP contribution in [-0.4, -0.2) is 9.97 Å². The number of aryl methyl sites for hydroxylation is 2. The van der Waals surface area contributed by atoms with Gasteiger partial charge in [0, 0.05) is 10.8 Å². The fourth-order valence-electron chi connectivity index (χ4n) is 10.8. The van der Waals surface area contributed by atoms with E-state index in [0.29, 0.717) is 5.75 Å². The Morgan fingerprint density at radius 3 is 1.16 bits per heavy atom. The van der Waals surface area contributed by atoms with Crippen molar-refractivity contribution in [3.05, 3.63) is 234 Å². The van der Waals surface area contributed by atoms with Gasteiger partial charge in [-0.2, -0.15) is 0 Å². The Balaban J connectivity index is 0.00000541. The predicted molar refractivity (Wildman–Crippen MR) is 305 cm³/mol. The molecule has 0 N–H and O–H groups in total. The summed E-state index contributed by atoms with van der Waals surface area (Å²) < 4.78 is 20.9. The first-order chi connectivity index (χ1) is 36.5. The maximum absolute atomic E-state index is 6.98. The van der Waals surface area contributed by atoms with E-state index in [0.717, 1.165) is 144 Å². The van der Waals surface area contributed by atoms with Crippen LogP contribution in [-0.2, 0) is 19.5 Å². The van der Waals surface area contributed by atoms with E-state index in [9.17, 15) is 0 Å². The molecule has 2 aliphatic heterocycles. The molecule has 4 aromatic heterocycles. The number of aromatic nitrogens is 4. The van der Waals surface area contributed by atoms with Crippen LogP contribution in [0.15, 0.2) is 209 Å². The van der Waals surface area contributed by atoms with Gasteiger partial charge in [-0.3, -0.25) is 0 Å². The molecule has 8 aromatic carbocycles. The molecule has 2 aliphatic rings. The number of fused-ring (bicyclic) bond motifs is 15. The van der Waals surface area contributed by atoms with E-state index in [2.05, 4.69) is 202 Å². The molecule has 0 unspecified atom stereocenters. The van der Waals surface area contributed by atoms with E-state index in [4.69, 9.17) is 32.9 Å². The van der Waals surface area contributed by atoms with E-state index in [1.807, 2.05) is 36.4 Å². The number of hydrogen-bond acceptors (Lipinski definition) is 5. The smallest absolute Gasteiger partial charge is 0.657 e. The van der Waals surface area contributed by atoms with Crippen LogP contribution >= 0.6 is 8.24 Å². The maximum atomic E-state index is 6.98. The van der Waals surface area contributed by atoms with Crippen LogP contribution in [0.4, 0.5) is 0 Å². The second-order valence-electron chi connectivity index (χ2n) is 18.7. The summed E-state index contributed by atoms with van der Waals surface area (Å²) in [6.45, 7) is 4.19. The summed E-state index contributed by atoms with van der Waals surface area (Å²) in [4.78, 5) is 21.8. The molecule has 7 nitrogen and oxygen atoms in total. The molecule has 0 spiro atoms. The second kappa shape index (κ2) is 18.9. The number of nitrogens with zero attached hydrogens (tertiary/aromatic N) is 4. The zero-order valence-corrected chi connectivity index (χ0v) is 44.9. The molecule has 0 amide bonds. The Kier molecular flexibility index (Phi) is 11.6. The van der Waals surface area contributed by atoms with Gasteiger partial charge in [0.15, 0.2) is 0 Å². The predicted octanol–water partition coefficient (Wildman–Crippen LogP) is 17.9. The van der Waals surface area contributed by atoms with E-state index in [1.54, 1.807) is 0 Å². The molecule has 8 bridgehead atoms. The third-order valence-electron chi connectivity index (χ3n) is 14.1. The van der Waals surface area contributed by atoms with Gasteiger partial charge >= 0.3 is 27.7 Å². The van der Waals surface area contributed by atoms with Crippen molar-refractivity contribution >= 4 is 98.1 Å². The first-order valence-electron chi connectivity index (χ1n) is 24.7. The minimum atomic E-state index is -2.01. The minimum absolute atomic E-state index is 0. The van der Waals surface area contributed by atoms with Crippen molar-refractivity contribution in [1.82, 2.24) is 19.9 Å². The Labute approximate surface area is 446 Å². The van der Waals surface area contributed by atoms with Crippen LogP contribution in [0.2, 0.25) is 0 Å². The minimum Gasteiger partial charge on any atom is -0.657 e. The topological polar surface area (TPSA) is 89.5 Å². The van der Waals surface area contributed by atoms with Gasteiger partial charge in [0.05, 0.1) is 22.8 Å². The third kappa shape index (κ3) is 8.11. The summed E-state index contributed by atoms with van der Waals surface area (Å²) >= 11 is 0. The molecular formula is C66H43N4O3PZn. The quantitative estimate of drug-likeness (QED) is 0.153. The zero-order valence-electron chi connectivity index (χ0n) is 41.0. The molecule has 0 fully saturated rings. The number of benzene rings is 8. The molecule has 14 rings (SSSR count). The maximum Gasteiger partial charge on any atom is 2.00 e. The molecule has 9 heteroatoms. The van der Waals surface area contributed by atoms with Crippen molar-refractivity contribution in [2.75, 3.05) is 0 Å². The number of rotatable bonds is 6. The van der Waals surface area contributed by atoms with Crippen LogP contribution in [0.3, 0.4) is 0 Å². The molecular weight excluding hydrogens is 993 g/mol. The Bertz CT molecular complexity index is 4400. The molecule has 0 saturated heterocycles. The Hall–Kier alpha value is -8.80. The van der Waals surface area contributed by atoms with Gasteiger partial charge in [0.25, 0.3) is 0 Å². The third-order valence-corrected chi connectivity index (χ3v) is 15.1. The van der Waals surface area contributed by atoms with E-state index < -0.39 is 8.24 Å². The monoisotopic (exact) mass is 1030 g/mol. The normalized spacial score (nSPS) is 11.9. The summed E-state index contributed by atoms with van der Waals surface area (Å²) in [6, 6.07) is 68.9. The first-order valence-corrected chi connectivity index (χ1v) is 25.8. The first kappa shape index (κ1) is 46.0. The van der Waals surface area contributed by atoms with Gasteiger partial charge < -0.3 is 22.9 Å². The van der Waals surface area contributed by atoms with Crippen molar-refractivity contribution in [2.45, 2.75) is 13.8 Å². The van der Waals surface area contributed by atoms with E-state index in [1.165, 1.54) is 0 Å². The molecule has 0 aliphatic carbocycles. The molecule has 75 heavy (non-hydrogen) atoms. The molecule has 0 atom stereocenters. The van der Waals surface area contributed by atoms with Crippen molar-refractivity contribution in [2.24, 2.45) is 0 Å². The molecule has 0 saturated carbocycles. The van der Waals surface area contributed by atoms with Crippen LogP contribution in [0.5, 0.6) is 5.75 Å². The average molecular weight is 1040 g/mol. The Morgan fingerprint density at radius 2 is 0.747 bits per heavy atom. The number of hydrogen-bond donors (Lipinski definition) is 0. The second-order valence-corrected chi connectivity index (χ2v) is 19.7. The fraction of sp³-hybridized carbons (Fsp3) is 0.0303. The van der Waals surface area contributed by atoms with E-state index >= 15 is 0 Å².